The SMILES string of the molecule is CCOc1ccc(/C(O)=C2\C(=O)C(=O)N(c3cccc(C)c3C)C2c2cccnc2)cc1C. The van der Waals surface area contributed by atoms with E-state index in [0.29, 0.717) is 29.2 Å². The van der Waals surface area contributed by atoms with E-state index in [9.17, 15) is 14.7 Å². The standard InChI is InChI=1S/C27H26N2O4/c1-5-33-22-12-11-19(14-17(22)3)25(30)23-24(20-9-7-13-28-15-20)29(27(32)26(23)31)21-10-6-8-16(2)18(21)4/h6-15,24,30H,5H2,1-4H3/b25-23+. The number of amides is 1. The van der Waals surface area contributed by atoms with Crippen molar-refractivity contribution in [3.8, 4) is 5.75 Å². The molecule has 0 radical (unpaired) electrons. The first-order valence-corrected chi connectivity index (χ1v) is 10.9. The molecule has 0 saturated carbocycles. The summed E-state index contributed by atoms with van der Waals surface area (Å²) in [5.41, 5.74) is 4.48. The summed E-state index contributed by atoms with van der Waals surface area (Å²) in [6.07, 6.45) is 3.24. The molecule has 3 aromatic rings. The normalized spacial score (nSPS) is 17.5. The van der Waals surface area contributed by atoms with Crippen LogP contribution < -0.4 is 9.64 Å². The van der Waals surface area contributed by atoms with E-state index in [1.807, 2.05) is 45.9 Å². The zero-order chi connectivity index (χ0) is 23.7. The fourth-order valence-corrected chi connectivity index (χ4v) is 4.20. The summed E-state index contributed by atoms with van der Waals surface area (Å²) >= 11 is 0. The zero-order valence-corrected chi connectivity index (χ0v) is 19.1. The molecule has 1 aromatic heterocycles. The average molecular weight is 443 g/mol. The molecule has 0 bridgehead atoms. The zero-order valence-electron chi connectivity index (χ0n) is 19.1. The van der Waals surface area contributed by atoms with Gasteiger partial charge in [-0.25, -0.2) is 0 Å². The largest absolute Gasteiger partial charge is 0.507 e. The molecule has 2 aromatic carbocycles. The maximum atomic E-state index is 13.3. The fourth-order valence-electron chi connectivity index (χ4n) is 4.20. The number of aryl methyl sites for hydroxylation is 2. The Morgan fingerprint density at radius 2 is 1.85 bits per heavy atom. The first kappa shape index (κ1) is 22.3. The summed E-state index contributed by atoms with van der Waals surface area (Å²) in [5, 5.41) is 11.3. The molecule has 1 unspecified atom stereocenters. The first-order chi connectivity index (χ1) is 15.8. The van der Waals surface area contributed by atoms with E-state index >= 15 is 0 Å². The molecule has 1 saturated heterocycles. The number of hydrogen-bond donors (Lipinski definition) is 1. The lowest BCUT2D eigenvalue weighted by molar-refractivity contribution is -0.132. The number of pyridine rings is 1. The van der Waals surface area contributed by atoms with E-state index in [1.165, 1.54) is 4.90 Å². The van der Waals surface area contributed by atoms with Crippen molar-refractivity contribution < 1.29 is 19.4 Å². The summed E-state index contributed by atoms with van der Waals surface area (Å²) in [5.74, 6) is -0.926. The van der Waals surface area contributed by atoms with E-state index in [0.717, 1.165) is 16.7 Å². The Morgan fingerprint density at radius 1 is 1.06 bits per heavy atom. The number of aliphatic hydroxyl groups excluding tert-OH is 1. The van der Waals surface area contributed by atoms with Crippen LogP contribution >= 0.6 is 0 Å². The topological polar surface area (TPSA) is 79.7 Å². The molecule has 0 aliphatic carbocycles. The van der Waals surface area contributed by atoms with Gasteiger partial charge < -0.3 is 9.84 Å². The number of anilines is 1. The van der Waals surface area contributed by atoms with Crippen molar-refractivity contribution in [1.82, 2.24) is 4.98 Å². The van der Waals surface area contributed by atoms with Gasteiger partial charge in [0.25, 0.3) is 11.7 Å². The smallest absolute Gasteiger partial charge is 0.300 e. The highest BCUT2D eigenvalue weighted by atomic mass is 16.5. The number of carbonyl (C=O) groups excluding carboxylic acids is 2. The van der Waals surface area contributed by atoms with Gasteiger partial charge in [0.1, 0.15) is 11.5 Å². The van der Waals surface area contributed by atoms with Crippen molar-refractivity contribution in [3.63, 3.8) is 0 Å². The molecule has 6 heteroatoms. The molecule has 2 heterocycles. The molecule has 1 fully saturated rings. The van der Waals surface area contributed by atoms with Crippen molar-refractivity contribution in [3.05, 3.63) is 94.3 Å². The van der Waals surface area contributed by atoms with Crippen LogP contribution in [0.15, 0.2) is 66.5 Å². The van der Waals surface area contributed by atoms with Gasteiger partial charge in [0.05, 0.1) is 18.2 Å². The molecular formula is C27H26N2O4. The number of ketones is 1. The van der Waals surface area contributed by atoms with Crippen LogP contribution in [-0.2, 0) is 9.59 Å². The van der Waals surface area contributed by atoms with Crippen molar-refractivity contribution in [2.45, 2.75) is 33.7 Å². The van der Waals surface area contributed by atoms with Crippen molar-refractivity contribution in [2.24, 2.45) is 0 Å². The predicted molar refractivity (Wildman–Crippen MR) is 127 cm³/mol. The van der Waals surface area contributed by atoms with E-state index < -0.39 is 17.7 Å². The molecule has 1 atom stereocenters. The van der Waals surface area contributed by atoms with E-state index in [4.69, 9.17) is 4.74 Å². The quantitative estimate of drug-likeness (QED) is 0.341. The number of hydrogen-bond acceptors (Lipinski definition) is 5. The summed E-state index contributed by atoms with van der Waals surface area (Å²) in [6.45, 7) is 8.16. The van der Waals surface area contributed by atoms with Crippen LogP contribution in [0.2, 0.25) is 0 Å². The molecule has 1 amide bonds. The molecule has 1 aliphatic heterocycles. The second kappa shape index (κ2) is 8.90. The highest BCUT2D eigenvalue weighted by Crippen LogP contribution is 2.43. The number of nitrogens with zero attached hydrogens (tertiary/aromatic N) is 2. The molecule has 33 heavy (non-hydrogen) atoms. The highest BCUT2D eigenvalue weighted by molar-refractivity contribution is 6.51. The Hall–Kier alpha value is -3.93. The lowest BCUT2D eigenvalue weighted by Crippen LogP contribution is -2.30. The summed E-state index contributed by atoms with van der Waals surface area (Å²) < 4.78 is 5.59. The third kappa shape index (κ3) is 3.89. The summed E-state index contributed by atoms with van der Waals surface area (Å²) in [7, 11) is 0. The molecule has 4 rings (SSSR count). The van der Waals surface area contributed by atoms with Crippen molar-refractivity contribution >= 4 is 23.1 Å². The third-order valence-electron chi connectivity index (χ3n) is 6.03. The molecule has 6 nitrogen and oxygen atoms in total. The van der Waals surface area contributed by atoms with Gasteiger partial charge in [-0.3, -0.25) is 19.5 Å². The van der Waals surface area contributed by atoms with Crippen LogP contribution in [0.25, 0.3) is 5.76 Å². The Kier molecular flexibility index (Phi) is 6.01. The van der Waals surface area contributed by atoms with Crippen LogP contribution in [0, 0.1) is 20.8 Å². The minimum atomic E-state index is -0.800. The van der Waals surface area contributed by atoms with E-state index in [-0.39, 0.29) is 11.3 Å². The Balaban J connectivity index is 1.93. The Morgan fingerprint density at radius 3 is 2.52 bits per heavy atom. The van der Waals surface area contributed by atoms with Crippen LogP contribution in [0.1, 0.15) is 40.8 Å². The second-order valence-electron chi connectivity index (χ2n) is 8.09. The minimum absolute atomic E-state index is 0.0393. The van der Waals surface area contributed by atoms with Gasteiger partial charge in [-0.05, 0) is 80.3 Å². The number of rotatable bonds is 5. The van der Waals surface area contributed by atoms with Gasteiger partial charge in [0.15, 0.2) is 0 Å². The number of carbonyl (C=O) groups is 2. The number of Topliss-reactive ketones (excluding diaryl/α,β-unsaturated/α-hetero) is 1. The van der Waals surface area contributed by atoms with Gasteiger partial charge in [-0.15, -0.1) is 0 Å². The average Bonchev–Trinajstić information content (AvgIpc) is 3.08. The van der Waals surface area contributed by atoms with Crippen molar-refractivity contribution in [2.75, 3.05) is 11.5 Å². The van der Waals surface area contributed by atoms with E-state index in [1.54, 1.807) is 42.7 Å². The first-order valence-electron chi connectivity index (χ1n) is 10.9. The van der Waals surface area contributed by atoms with Crippen LogP contribution in [-0.4, -0.2) is 28.4 Å². The Labute approximate surface area is 193 Å². The van der Waals surface area contributed by atoms with Crippen LogP contribution in [0.5, 0.6) is 5.75 Å². The summed E-state index contributed by atoms with van der Waals surface area (Å²) in [6, 6.07) is 13.6. The maximum Gasteiger partial charge on any atom is 0.300 e. The molecule has 168 valence electrons. The fraction of sp³-hybridized carbons (Fsp3) is 0.222. The predicted octanol–water partition coefficient (Wildman–Crippen LogP) is 5.03. The third-order valence-corrected chi connectivity index (χ3v) is 6.03. The monoisotopic (exact) mass is 442 g/mol. The number of aliphatic hydroxyl groups is 1. The Bertz CT molecular complexity index is 1260. The van der Waals surface area contributed by atoms with Gasteiger partial charge in [0.2, 0.25) is 0 Å². The van der Waals surface area contributed by atoms with Crippen molar-refractivity contribution in [1.29, 1.82) is 0 Å². The molecule has 1 N–H and O–H groups in total. The van der Waals surface area contributed by atoms with Gasteiger partial charge in [0, 0.05) is 23.6 Å². The maximum absolute atomic E-state index is 13.3. The number of benzene rings is 2. The molecule has 1 aliphatic rings. The van der Waals surface area contributed by atoms with Gasteiger partial charge >= 0.3 is 0 Å². The molecule has 0 spiro atoms. The number of aromatic nitrogens is 1. The highest BCUT2D eigenvalue weighted by Gasteiger charge is 2.47. The van der Waals surface area contributed by atoms with E-state index in [2.05, 4.69) is 4.98 Å². The van der Waals surface area contributed by atoms with Gasteiger partial charge in [-0.2, -0.15) is 0 Å². The lowest BCUT2D eigenvalue weighted by Gasteiger charge is -2.27. The minimum Gasteiger partial charge on any atom is -0.507 e. The van der Waals surface area contributed by atoms with Gasteiger partial charge in [-0.1, -0.05) is 18.2 Å². The number of ether oxygens (including phenoxy) is 1. The molecular weight excluding hydrogens is 416 g/mol. The summed E-state index contributed by atoms with van der Waals surface area (Å²) in [4.78, 5) is 32.2. The van der Waals surface area contributed by atoms with Crippen LogP contribution in [0.3, 0.4) is 0 Å². The van der Waals surface area contributed by atoms with Crippen LogP contribution in [0.4, 0.5) is 5.69 Å². The second-order valence-corrected chi connectivity index (χ2v) is 8.09. The lowest BCUT2D eigenvalue weighted by atomic mass is 9.95.